The van der Waals surface area contributed by atoms with Crippen molar-refractivity contribution in [3.05, 3.63) is 37.8 Å². The summed E-state index contributed by atoms with van der Waals surface area (Å²) < 4.78 is 1.48. The molecular formula is C18H22N4O7S. The van der Waals surface area contributed by atoms with E-state index in [2.05, 4.69) is 15.3 Å². The number of hydrogen-bond donors (Lipinski definition) is 4. The Morgan fingerprint density at radius 1 is 1.23 bits per heavy atom. The van der Waals surface area contributed by atoms with Crippen molar-refractivity contribution >= 4 is 35.0 Å². The molecule has 0 spiro atoms. The van der Waals surface area contributed by atoms with Gasteiger partial charge in [-0.1, -0.05) is 11.3 Å². The first-order valence-electron chi connectivity index (χ1n) is 8.99. The molecule has 4 N–H and O–H groups in total. The van der Waals surface area contributed by atoms with Gasteiger partial charge in [0.25, 0.3) is 0 Å². The fourth-order valence-corrected chi connectivity index (χ4v) is 3.77. The molecule has 162 valence electrons. The Morgan fingerprint density at radius 2 is 1.93 bits per heavy atom. The molecule has 0 aliphatic rings. The van der Waals surface area contributed by atoms with Crippen LogP contribution in [0.5, 0.6) is 0 Å². The van der Waals surface area contributed by atoms with Gasteiger partial charge in [-0.25, -0.2) is 9.97 Å². The summed E-state index contributed by atoms with van der Waals surface area (Å²) in [7, 11) is 0. The van der Waals surface area contributed by atoms with Gasteiger partial charge in [-0.3, -0.25) is 23.7 Å². The highest BCUT2D eigenvalue weighted by Crippen LogP contribution is 2.19. The molecule has 1 amide bonds. The summed E-state index contributed by atoms with van der Waals surface area (Å²) >= 11 is 1.02. The molecule has 0 aliphatic carbocycles. The molecule has 1 unspecified atom stereocenters. The van der Waals surface area contributed by atoms with Gasteiger partial charge < -0.3 is 20.6 Å². The number of amides is 1. The van der Waals surface area contributed by atoms with Crippen LogP contribution in [0.4, 0.5) is 5.82 Å². The molecule has 30 heavy (non-hydrogen) atoms. The Morgan fingerprint density at radius 3 is 2.53 bits per heavy atom. The van der Waals surface area contributed by atoms with Crippen molar-refractivity contribution in [1.82, 2.24) is 14.5 Å². The average Bonchev–Trinajstić information content (AvgIpc) is 2.90. The zero-order valence-corrected chi connectivity index (χ0v) is 17.2. The van der Waals surface area contributed by atoms with Gasteiger partial charge in [0.1, 0.15) is 11.6 Å². The first kappa shape index (κ1) is 23.2. The Bertz CT molecular complexity index is 1010. The van der Waals surface area contributed by atoms with Crippen molar-refractivity contribution in [3.8, 4) is 0 Å². The van der Waals surface area contributed by atoms with Gasteiger partial charge in [0.2, 0.25) is 5.91 Å². The third kappa shape index (κ3) is 5.94. The Kier molecular flexibility index (Phi) is 7.78. The number of nitrogens with one attached hydrogen (secondary N) is 1. The zero-order chi connectivity index (χ0) is 22.4. The second-order valence-corrected chi connectivity index (χ2v) is 7.66. The van der Waals surface area contributed by atoms with E-state index in [1.165, 1.54) is 10.8 Å². The van der Waals surface area contributed by atoms with Crippen LogP contribution in [0.25, 0.3) is 0 Å². The number of aromatic nitrogens is 3. The van der Waals surface area contributed by atoms with Crippen LogP contribution < -0.4 is 10.2 Å². The fourth-order valence-electron chi connectivity index (χ4n) is 2.79. The largest absolute Gasteiger partial charge is 0.481 e. The van der Waals surface area contributed by atoms with E-state index >= 15 is 0 Å². The molecule has 2 heterocycles. The van der Waals surface area contributed by atoms with Crippen LogP contribution in [0.3, 0.4) is 0 Å². The number of hydrogen-bond acceptors (Lipinski definition) is 8. The second kappa shape index (κ2) is 10.1. The summed E-state index contributed by atoms with van der Waals surface area (Å²) in [6.07, 6.45) is 0.587. The maximum Gasteiger partial charge on any atom is 0.307 e. The highest BCUT2D eigenvalue weighted by molar-refractivity contribution is 7.09. The number of carboxylic acids is 2. The van der Waals surface area contributed by atoms with E-state index in [0.717, 1.165) is 16.2 Å². The number of carbonyl (C=O) groups is 3. The molecule has 0 radical (unpaired) electrons. The maximum absolute atomic E-state index is 12.3. The lowest BCUT2D eigenvalue weighted by Crippen LogP contribution is -2.25. The smallest absolute Gasteiger partial charge is 0.307 e. The molecule has 2 rings (SSSR count). The second-order valence-electron chi connectivity index (χ2n) is 6.61. The summed E-state index contributed by atoms with van der Waals surface area (Å²) in [5, 5.41) is 29.5. The van der Waals surface area contributed by atoms with E-state index in [1.54, 1.807) is 13.8 Å². The molecule has 0 aromatic carbocycles. The number of aliphatic hydroxyl groups excluding tert-OH is 1. The first-order valence-corrected chi connectivity index (χ1v) is 9.81. The topological polar surface area (TPSA) is 172 Å². The summed E-state index contributed by atoms with van der Waals surface area (Å²) in [4.78, 5) is 55.4. The Hall–Kier alpha value is -3.12. The number of aliphatic carboxylic acids is 2. The van der Waals surface area contributed by atoms with Crippen LogP contribution in [0.2, 0.25) is 0 Å². The van der Waals surface area contributed by atoms with Gasteiger partial charge in [-0.15, -0.1) is 0 Å². The summed E-state index contributed by atoms with van der Waals surface area (Å²) in [6.45, 7) is 3.33. The fraction of sp³-hybridized carbons (Fsp3) is 0.444. The minimum atomic E-state index is -1.39. The molecule has 12 heteroatoms. The van der Waals surface area contributed by atoms with Crippen LogP contribution >= 0.6 is 11.3 Å². The molecule has 0 fully saturated rings. The van der Waals surface area contributed by atoms with Crippen LogP contribution in [-0.2, 0) is 27.3 Å². The van der Waals surface area contributed by atoms with Crippen molar-refractivity contribution in [1.29, 1.82) is 0 Å². The first-order chi connectivity index (χ1) is 14.1. The molecule has 0 saturated heterocycles. The lowest BCUT2D eigenvalue weighted by molar-refractivity contribution is -0.149. The van der Waals surface area contributed by atoms with Crippen LogP contribution in [-0.4, -0.2) is 54.3 Å². The summed E-state index contributed by atoms with van der Waals surface area (Å²) in [5.41, 5.74) is 1.11. The van der Waals surface area contributed by atoms with Crippen molar-refractivity contribution < 1.29 is 29.7 Å². The number of carbonyl (C=O) groups excluding carboxylic acids is 1. The van der Waals surface area contributed by atoms with Gasteiger partial charge >= 0.3 is 16.8 Å². The highest BCUT2D eigenvalue weighted by Gasteiger charge is 2.25. The predicted molar refractivity (Wildman–Crippen MR) is 107 cm³/mol. The normalized spacial score (nSPS) is 11.8. The van der Waals surface area contributed by atoms with E-state index in [1.807, 2.05) is 0 Å². The van der Waals surface area contributed by atoms with Gasteiger partial charge in [0, 0.05) is 41.8 Å². The van der Waals surface area contributed by atoms with Gasteiger partial charge in [0.15, 0.2) is 0 Å². The average molecular weight is 438 g/mol. The third-order valence-electron chi connectivity index (χ3n) is 4.35. The Balaban J connectivity index is 2.25. The van der Waals surface area contributed by atoms with Crippen LogP contribution in [0.1, 0.15) is 34.8 Å². The quantitative estimate of drug-likeness (QED) is 0.410. The molecule has 1 atom stereocenters. The number of carboxylic acid groups (broad SMARTS) is 2. The SMILES string of the molecule is Cc1ncc(Cn2c(C)c(CCO)sc2=O)c(NC(=O)CC(CC(=O)O)C(=O)O)n1. The summed E-state index contributed by atoms with van der Waals surface area (Å²) in [6, 6.07) is 0. The van der Waals surface area contributed by atoms with Crippen LogP contribution in [0.15, 0.2) is 11.0 Å². The minimum absolute atomic E-state index is 0.0694. The zero-order valence-electron chi connectivity index (χ0n) is 16.4. The molecule has 2 aromatic rings. The molecule has 0 aliphatic heterocycles. The molecular weight excluding hydrogens is 416 g/mol. The van der Waals surface area contributed by atoms with Crippen molar-refractivity contribution in [2.45, 2.75) is 39.7 Å². The van der Waals surface area contributed by atoms with Crippen LogP contribution in [0, 0.1) is 19.8 Å². The van der Waals surface area contributed by atoms with Crippen molar-refractivity contribution in [2.24, 2.45) is 5.92 Å². The standard InChI is InChI=1S/C18H22N4O7S/c1-9-13(3-4-23)30-18(29)22(9)8-12-7-19-10(2)20-16(12)21-14(24)5-11(17(27)28)6-15(25)26/h7,11,23H,3-6,8H2,1-2H3,(H,25,26)(H,27,28)(H,19,20,21,24). The number of rotatable bonds is 10. The highest BCUT2D eigenvalue weighted by atomic mass is 32.1. The van der Waals surface area contributed by atoms with E-state index in [9.17, 15) is 19.2 Å². The van der Waals surface area contributed by atoms with Gasteiger partial charge in [0.05, 0.1) is 18.9 Å². The minimum Gasteiger partial charge on any atom is -0.481 e. The summed E-state index contributed by atoms with van der Waals surface area (Å²) in [5.74, 6) is -4.32. The van der Waals surface area contributed by atoms with Gasteiger partial charge in [-0.05, 0) is 13.8 Å². The monoisotopic (exact) mass is 438 g/mol. The van der Waals surface area contributed by atoms with E-state index in [0.29, 0.717) is 23.5 Å². The van der Waals surface area contributed by atoms with E-state index in [4.69, 9.17) is 15.3 Å². The van der Waals surface area contributed by atoms with Crippen molar-refractivity contribution in [3.63, 3.8) is 0 Å². The number of aryl methyl sites for hydroxylation is 1. The molecule has 0 bridgehead atoms. The predicted octanol–water partition coefficient (Wildman–Crippen LogP) is 0.404. The number of anilines is 1. The number of aliphatic hydroxyl groups is 1. The lowest BCUT2D eigenvalue weighted by Gasteiger charge is -2.14. The van der Waals surface area contributed by atoms with E-state index < -0.39 is 36.6 Å². The van der Waals surface area contributed by atoms with Gasteiger partial charge in [-0.2, -0.15) is 0 Å². The molecule has 11 nitrogen and oxygen atoms in total. The molecule has 2 aromatic heterocycles. The third-order valence-corrected chi connectivity index (χ3v) is 5.49. The number of thiazole rings is 1. The molecule has 0 saturated carbocycles. The van der Waals surface area contributed by atoms with Crippen molar-refractivity contribution in [2.75, 3.05) is 11.9 Å². The Labute approximate surface area is 175 Å². The lowest BCUT2D eigenvalue weighted by atomic mass is 10.0. The van der Waals surface area contributed by atoms with E-state index in [-0.39, 0.29) is 23.8 Å². The number of nitrogens with zero attached hydrogens (tertiary/aromatic N) is 3. The maximum atomic E-state index is 12.3.